The molecule has 0 aliphatic heterocycles. The lowest BCUT2D eigenvalue weighted by molar-refractivity contribution is 0.0970. The Hall–Kier alpha value is -3.15. The van der Waals surface area contributed by atoms with Crippen LogP contribution in [0.25, 0.3) is 0 Å². The summed E-state index contributed by atoms with van der Waals surface area (Å²) < 4.78 is 1.47. The highest BCUT2D eigenvalue weighted by Gasteiger charge is 2.35. The number of pyridine rings is 1. The van der Waals surface area contributed by atoms with E-state index in [1.165, 1.54) is 23.1 Å². The molecular formula is C16H10N4O2. The van der Waals surface area contributed by atoms with Crippen molar-refractivity contribution in [1.82, 2.24) is 20.0 Å². The van der Waals surface area contributed by atoms with Crippen LogP contribution in [0, 0.1) is 0 Å². The van der Waals surface area contributed by atoms with Crippen molar-refractivity contribution >= 4 is 11.6 Å². The quantitative estimate of drug-likeness (QED) is 0.559. The average molecular weight is 290 g/mol. The van der Waals surface area contributed by atoms with Gasteiger partial charge in [0.05, 0.1) is 12.1 Å². The minimum absolute atomic E-state index is 0.111. The van der Waals surface area contributed by atoms with E-state index in [0.29, 0.717) is 17.7 Å². The molecule has 6 heteroatoms. The maximum Gasteiger partial charge on any atom is 0.216 e. The number of fused-ring (bicyclic) bond motifs is 2. The van der Waals surface area contributed by atoms with Gasteiger partial charge in [0.25, 0.3) is 0 Å². The van der Waals surface area contributed by atoms with Gasteiger partial charge in [-0.25, -0.2) is 4.68 Å². The Balaban J connectivity index is 1.82. The second-order valence-electron chi connectivity index (χ2n) is 5.01. The lowest BCUT2D eigenvalue weighted by atomic mass is 9.91. The molecule has 0 spiro atoms. The third kappa shape index (κ3) is 1.77. The molecule has 22 heavy (non-hydrogen) atoms. The lowest BCUT2D eigenvalue weighted by Crippen LogP contribution is -2.23. The predicted molar refractivity (Wildman–Crippen MR) is 76.7 cm³/mol. The van der Waals surface area contributed by atoms with Gasteiger partial charge in [0, 0.05) is 18.0 Å². The van der Waals surface area contributed by atoms with Crippen LogP contribution in [0.5, 0.6) is 0 Å². The van der Waals surface area contributed by atoms with Gasteiger partial charge in [-0.3, -0.25) is 14.6 Å². The molecule has 0 unspecified atom stereocenters. The zero-order valence-electron chi connectivity index (χ0n) is 11.4. The van der Waals surface area contributed by atoms with Crippen molar-refractivity contribution in [3.05, 3.63) is 76.9 Å². The minimum Gasteiger partial charge on any atom is -0.287 e. The molecule has 0 fully saturated rings. The first-order chi connectivity index (χ1) is 10.8. The maximum atomic E-state index is 12.6. The van der Waals surface area contributed by atoms with Gasteiger partial charge in [-0.1, -0.05) is 35.5 Å². The van der Waals surface area contributed by atoms with E-state index in [1.54, 1.807) is 0 Å². The van der Waals surface area contributed by atoms with Gasteiger partial charge in [0.2, 0.25) is 11.6 Å². The van der Waals surface area contributed by atoms with E-state index in [1.807, 2.05) is 30.3 Å². The van der Waals surface area contributed by atoms with Gasteiger partial charge < -0.3 is 0 Å². The standard InChI is InChI=1S/C16H10N4O2/c21-15-11-6-7-17-8-12(11)16(22)14-13(15)18-19-20(14)9-10-4-2-1-3-5-10/h1-8H,9H2. The van der Waals surface area contributed by atoms with Crippen LogP contribution in [0.2, 0.25) is 0 Å². The Morgan fingerprint density at radius 2 is 1.77 bits per heavy atom. The summed E-state index contributed by atoms with van der Waals surface area (Å²) >= 11 is 0. The maximum absolute atomic E-state index is 12.6. The van der Waals surface area contributed by atoms with Gasteiger partial charge in [-0.2, -0.15) is 0 Å². The topological polar surface area (TPSA) is 77.7 Å². The molecular weight excluding hydrogens is 280 g/mol. The third-order valence-corrected chi connectivity index (χ3v) is 3.65. The number of carbonyl (C=O) groups is 2. The summed E-state index contributed by atoms with van der Waals surface area (Å²) in [5.74, 6) is -0.551. The van der Waals surface area contributed by atoms with Crippen molar-refractivity contribution in [2.45, 2.75) is 6.54 Å². The Labute approximate surface area is 125 Å². The predicted octanol–water partition coefficient (Wildman–Crippen LogP) is 1.50. The zero-order valence-corrected chi connectivity index (χ0v) is 11.4. The first kappa shape index (κ1) is 12.6. The molecule has 0 N–H and O–H groups in total. The molecule has 2 aromatic heterocycles. The van der Waals surface area contributed by atoms with E-state index < -0.39 is 0 Å². The van der Waals surface area contributed by atoms with Crippen LogP contribution in [0.15, 0.2) is 48.8 Å². The summed E-state index contributed by atoms with van der Waals surface area (Å²) in [6.07, 6.45) is 2.90. The monoisotopic (exact) mass is 290 g/mol. The van der Waals surface area contributed by atoms with Crippen LogP contribution in [-0.4, -0.2) is 31.5 Å². The molecule has 106 valence electrons. The summed E-state index contributed by atoms with van der Waals surface area (Å²) in [6.45, 7) is 0.387. The number of rotatable bonds is 2. The van der Waals surface area contributed by atoms with Crippen LogP contribution >= 0.6 is 0 Å². The molecule has 1 aromatic carbocycles. The van der Waals surface area contributed by atoms with Crippen LogP contribution in [0.3, 0.4) is 0 Å². The molecule has 4 rings (SSSR count). The van der Waals surface area contributed by atoms with E-state index in [4.69, 9.17) is 0 Å². The van der Waals surface area contributed by atoms with Crippen molar-refractivity contribution in [3.8, 4) is 0 Å². The molecule has 1 aliphatic rings. The SMILES string of the molecule is O=C1c2ccncc2C(=O)c2c1nnn2Cc1ccccc1. The number of hydrogen-bond donors (Lipinski definition) is 0. The Kier molecular flexibility index (Phi) is 2.69. The Bertz CT molecular complexity index is 900. The fourth-order valence-electron chi connectivity index (χ4n) is 2.59. The summed E-state index contributed by atoms with van der Waals surface area (Å²) in [7, 11) is 0. The number of benzene rings is 1. The molecule has 0 saturated carbocycles. The highest BCUT2D eigenvalue weighted by Crippen LogP contribution is 2.25. The van der Waals surface area contributed by atoms with Crippen molar-refractivity contribution in [3.63, 3.8) is 0 Å². The molecule has 0 radical (unpaired) electrons. The average Bonchev–Trinajstić information content (AvgIpc) is 2.98. The fourth-order valence-corrected chi connectivity index (χ4v) is 2.59. The zero-order chi connectivity index (χ0) is 15.1. The molecule has 0 saturated heterocycles. The van der Waals surface area contributed by atoms with Crippen molar-refractivity contribution in [2.75, 3.05) is 0 Å². The highest BCUT2D eigenvalue weighted by atomic mass is 16.1. The van der Waals surface area contributed by atoms with Crippen LogP contribution in [0.1, 0.15) is 37.7 Å². The minimum atomic E-state index is -0.286. The van der Waals surface area contributed by atoms with E-state index in [2.05, 4.69) is 15.3 Å². The third-order valence-electron chi connectivity index (χ3n) is 3.65. The molecule has 3 aromatic rings. The van der Waals surface area contributed by atoms with E-state index in [-0.39, 0.29) is 23.0 Å². The summed E-state index contributed by atoms with van der Waals surface area (Å²) in [4.78, 5) is 29.0. The number of aromatic nitrogens is 4. The Morgan fingerprint density at radius 3 is 2.59 bits per heavy atom. The molecule has 0 amide bonds. The van der Waals surface area contributed by atoms with Crippen LogP contribution in [0.4, 0.5) is 0 Å². The summed E-state index contributed by atoms with van der Waals surface area (Å²) in [6, 6.07) is 11.1. The van der Waals surface area contributed by atoms with E-state index in [9.17, 15) is 9.59 Å². The van der Waals surface area contributed by atoms with Crippen molar-refractivity contribution in [1.29, 1.82) is 0 Å². The number of hydrogen-bond acceptors (Lipinski definition) is 5. The lowest BCUT2D eigenvalue weighted by Gasteiger charge is -2.13. The van der Waals surface area contributed by atoms with Crippen molar-refractivity contribution < 1.29 is 9.59 Å². The first-order valence-corrected chi connectivity index (χ1v) is 6.76. The molecule has 0 bridgehead atoms. The van der Waals surface area contributed by atoms with Gasteiger partial charge in [-0.05, 0) is 11.6 Å². The summed E-state index contributed by atoms with van der Waals surface area (Å²) in [5.41, 5.74) is 1.96. The molecule has 0 atom stereocenters. The summed E-state index contributed by atoms with van der Waals surface area (Å²) in [5, 5.41) is 7.89. The second-order valence-corrected chi connectivity index (χ2v) is 5.01. The second kappa shape index (κ2) is 4.70. The highest BCUT2D eigenvalue weighted by molar-refractivity contribution is 6.26. The van der Waals surface area contributed by atoms with Gasteiger partial charge in [0.15, 0.2) is 5.69 Å². The van der Waals surface area contributed by atoms with Crippen molar-refractivity contribution in [2.24, 2.45) is 0 Å². The number of nitrogens with zero attached hydrogens (tertiary/aromatic N) is 4. The number of carbonyl (C=O) groups excluding carboxylic acids is 2. The van der Waals surface area contributed by atoms with E-state index in [0.717, 1.165) is 5.56 Å². The van der Waals surface area contributed by atoms with Gasteiger partial charge in [0.1, 0.15) is 5.69 Å². The first-order valence-electron chi connectivity index (χ1n) is 6.76. The van der Waals surface area contributed by atoms with Gasteiger partial charge >= 0.3 is 0 Å². The smallest absolute Gasteiger partial charge is 0.216 e. The van der Waals surface area contributed by atoms with E-state index >= 15 is 0 Å². The number of ketones is 2. The molecule has 2 heterocycles. The Morgan fingerprint density at radius 1 is 0.955 bits per heavy atom. The largest absolute Gasteiger partial charge is 0.287 e. The fraction of sp³-hybridized carbons (Fsp3) is 0.0625. The molecule has 1 aliphatic carbocycles. The van der Waals surface area contributed by atoms with Gasteiger partial charge in [-0.15, -0.1) is 5.10 Å². The van der Waals surface area contributed by atoms with Crippen LogP contribution in [-0.2, 0) is 6.54 Å². The normalized spacial score (nSPS) is 12.9. The molecule has 6 nitrogen and oxygen atoms in total. The van der Waals surface area contributed by atoms with Crippen LogP contribution < -0.4 is 0 Å².